The predicted molar refractivity (Wildman–Crippen MR) is 111 cm³/mol. The van der Waals surface area contributed by atoms with Gasteiger partial charge in [0.15, 0.2) is 11.6 Å². The minimum atomic E-state index is -0.0443. The molecule has 0 unspecified atom stereocenters. The van der Waals surface area contributed by atoms with Gasteiger partial charge >= 0.3 is 0 Å². The molecule has 2 aromatic rings. The summed E-state index contributed by atoms with van der Waals surface area (Å²) < 4.78 is 6.83. The summed E-state index contributed by atoms with van der Waals surface area (Å²) in [6.07, 6.45) is 6.76. The van der Waals surface area contributed by atoms with Crippen LogP contribution in [-0.2, 0) is 7.05 Å². The zero-order chi connectivity index (χ0) is 20.2. The first kappa shape index (κ1) is 19.5. The van der Waals surface area contributed by atoms with Crippen molar-refractivity contribution in [2.24, 2.45) is 7.05 Å². The van der Waals surface area contributed by atoms with Crippen molar-refractivity contribution < 1.29 is 9.53 Å². The Morgan fingerprint density at radius 1 is 0.897 bits per heavy atom. The number of aromatic nitrogens is 4. The van der Waals surface area contributed by atoms with E-state index in [0.29, 0.717) is 24.5 Å². The van der Waals surface area contributed by atoms with Gasteiger partial charge in [-0.1, -0.05) is 12.8 Å². The van der Waals surface area contributed by atoms with Crippen molar-refractivity contribution in [2.75, 3.05) is 56.2 Å². The minimum Gasteiger partial charge on any atom is -0.479 e. The van der Waals surface area contributed by atoms with E-state index in [2.05, 4.69) is 37.2 Å². The Morgan fingerprint density at radius 2 is 1.48 bits per heavy atom. The average molecular weight is 399 g/mol. The molecule has 0 bridgehead atoms. The minimum absolute atomic E-state index is 0.0443. The smallest absolute Gasteiger partial charge is 0.261 e. The highest BCUT2D eigenvalue weighted by molar-refractivity contribution is 5.96. The first-order valence-electron chi connectivity index (χ1n) is 10.4. The maximum atomic E-state index is 12.8. The van der Waals surface area contributed by atoms with Crippen molar-refractivity contribution in [1.82, 2.24) is 24.9 Å². The van der Waals surface area contributed by atoms with Crippen LogP contribution in [0.4, 0.5) is 11.6 Å². The van der Waals surface area contributed by atoms with E-state index in [0.717, 1.165) is 37.8 Å². The number of amides is 1. The third-order valence-electron chi connectivity index (χ3n) is 5.68. The van der Waals surface area contributed by atoms with Crippen LogP contribution in [0.5, 0.6) is 5.88 Å². The SMILES string of the molecule is COc1nn(C)cc1C(=O)N1CCN(c2ccc(N3CCCCCC3)nn2)CC1. The highest BCUT2D eigenvalue weighted by atomic mass is 16.5. The molecular formula is C20H29N7O2. The van der Waals surface area contributed by atoms with Gasteiger partial charge in [0.2, 0.25) is 5.88 Å². The summed E-state index contributed by atoms with van der Waals surface area (Å²) in [5.74, 6) is 2.16. The molecule has 9 nitrogen and oxygen atoms in total. The van der Waals surface area contributed by atoms with Crippen molar-refractivity contribution in [3.05, 3.63) is 23.9 Å². The molecule has 0 atom stereocenters. The second-order valence-corrected chi connectivity index (χ2v) is 7.66. The van der Waals surface area contributed by atoms with Crippen LogP contribution >= 0.6 is 0 Å². The normalized spacial score (nSPS) is 17.9. The first-order valence-corrected chi connectivity index (χ1v) is 10.4. The van der Waals surface area contributed by atoms with E-state index in [9.17, 15) is 4.79 Å². The molecule has 0 radical (unpaired) electrons. The summed E-state index contributed by atoms with van der Waals surface area (Å²) in [5.41, 5.74) is 0.505. The second kappa shape index (κ2) is 8.67. The van der Waals surface area contributed by atoms with E-state index in [1.165, 1.54) is 32.8 Å². The lowest BCUT2D eigenvalue weighted by atomic mass is 10.2. The number of methoxy groups -OCH3 is 1. The molecule has 2 saturated heterocycles. The summed E-state index contributed by atoms with van der Waals surface area (Å²) in [4.78, 5) is 19.2. The number of nitrogens with zero attached hydrogens (tertiary/aromatic N) is 7. The number of carbonyl (C=O) groups excluding carboxylic acids is 1. The molecule has 0 saturated carbocycles. The van der Waals surface area contributed by atoms with Crippen molar-refractivity contribution in [3.63, 3.8) is 0 Å². The summed E-state index contributed by atoms with van der Waals surface area (Å²) in [6.45, 7) is 4.84. The fourth-order valence-corrected chi connectivity index (χ4v) is 4.03. The van der Waals surface area contributed by atoms with Crippen LogP contribution in [0.15, 0.2) is 18.3 Å². The third-order valence-corrected chi connectivity index (χ3v) is 5.68. The Balaban J connectivity index is 1.36. The van der Waals surface area contributed by atoms with E-state index in [-0.39, 0.29) is 5.91 Å². The van der Waals surface area contributed by atoms with Crippen molar-refractivity contribution in [3.8, 4) is 5.88 Å². The zero-order valence-corrected chi connectivity index (χ0v) is 17.3. The molecule has 2 fully saturated rings. The summed E-state index contributed by atoms with van der Waals surface area (Å²) in [6, 6.07) is 4.13. The molecule has 0 aromatic carbocycles. The van der Waals surface area contributed by atoms with Crippen molar-refractivity contribution in [2.45, 2.75) is 25.7 Å². The monoisotopic (exact) mass is 399 g/mol. The van der Waals surface area contributed by atoms with Gasteiger partial charge in [-0.2, -0.15) is 0 Å². The summed E-state index contributed by atoms with van der Waals surface area (Å²) in [5, 5.41) is 13.1. The third kappa shape index (κ3) is 4.28. The lowest BCUT2D eigenvalue weighted by Crippen LogP contribution is -2.49. The van der Waals surface area contributed by atoms with Gasteiger partial charge in [-0.3, -0.25) is 9.48 Å². The lowest BCUT2D eigenvalue weighted by molar-refractivity contribution is 0.0743. The fourth-order valence-electron chi connectivity index (χ4n) is 4.03. The van der Waals surface area contributed by atoms with E-state index in [1.54, 1.807) is 17.9 Å². The van der Waals surface area contributed by atoms with Crippen molar-refractivity contribution >= 4 is 17.5 Å². The first-order chi connectivity index (χ1) is 14.2. The number of piperazine rings is 1. The molecule has 0 N–H and O–H groups in total. The molecule has 4 rings (SSSR count). The standard InChI is InChI=1S/C20H29N7O2/c1-24-15-16(19(23-24)29-2)20(28)27-13-11-26(12-14-27)18-8-7-17(21-22-18)25-9-5-3-4-6-10-25/h7-8,15H,3-6,9-14H2,1-2H3. The summed E-state index contributed by atoms with van der Waals surface area (Å²) in [7, 11) is 3.32. The maximum absolute atomic E-state index is 12.8. The Hall–Kier alpha value is -2.84. The van der Waals surface area contributed by atoms with Gasteiger partial charge in [-0.15, -0.1) is 15.3 Å². The van der Waals surface area contributed by atoms with Gasteiger partial charge < -0.3 is 19.4 Å². The van der Waals surface area contributed by atoms with E-state index in [1.807, 2.05) is 4.90 Å². The van der Waals surface area contributed by atoms with Crippen LogP contribution in [0.3, 0.4) is 0 Å². The molecule has 4 heterocycles. The number of anilines is 2. The highest BCUT2D eigenvalue weighted by Gasteiger charge is 2.26. The van der Waals surface area contributed by atoms with Gasteiger partial charge in [-0.25, -0.2) is 0 Å². The zero-order valence-electron chi connectivity index (χ0n) is 17.3. The molecule has 0 aliphatic carbocycles. The van der Waals surface area contributed by atoms with Crippen LogP contribution in [0, 0.1) is 0 Å². The molecule has 2 aliphatic rings. The van der Waals surface area contributed by atoms with Gasteiger partial charge in [0.25, 0.3) is 5.91 Å². The number of rotatable bonds is 4. The van der Waals surface area contributed by atoms with Crippen LogP contribution in [0.2, 0.25) is 0 Å². The predicted octanol–water partition coefficient (Wildman–Crippen LogP) is 1.56. The molecule has 0 spiro atoms. The Kier molecular flexibility index (Phi) is 5.82. The largest absolute Gasteiger partial charge is 0.479 e. The van der Waals surface area contributed by atoms with Crippen LogP contribution < -0.4 is 14.5 Å². The molecule has 1 amide bonds. The molecule has 2 aromatic heterocycles. The Morgan fingerprint density at radius 3 is 2.03 bits per heavy atom. The van der Waals surface area contributed by atoms with E-state index < -0.39 is 0 Å². The van der Waals surface area contributed by atoms with E-state index in [4.69, 9.17) is 4.74 Å². The topological polar surface area (TPSA) is 79.6 Å². The molecule has 2 aliphatic heterocycles. The fraction of sp³-hybridized carbons (Fsp3) is 0.600. The number of hydrogen-bond donors (Lipinski definition) is 0. The summed E-state index contributed by atoms with van der Waals surface area (Å²) >= 11 is 0. The van der Waals surface area contributed by atoms with Crippen LogP contribution in [0.25, 0.3) is 0 Å². The molecular weight excluding hydrogens is 370 g/mol. The van der Waals surface area contributed by atoms with Gasteiger partial charge in [-0.05, 0) is 25.0 Å². The number of aryl methyl sites for hydroxylation is 1. The van der Waals surface area contributed by atoms with Gasteiger partial charge in [0.05, 0.1) is 7.11 Å². The molecule has 9 heteroatoms. The lowest BCUT2D eigenvalue weighted by Gasteiger charge is -2.35. The Bertz CT molecular complexity index is 820. The Labute approximate surface area is 171 Å². The average Bonchev–Trinajstić information content (AvgIpc) is 2.96. The van der Waals surface area contributed by atoms with Crippen LogP contribution in [0.1, 0.15) is 36.0 Å². The van der Waals surface area contributed by atoms with Gasteiger partial charge in [0.1, 0.15) is 5.56 Å². The van der Waals surface area contributed by atoms with Crippen LogP contribution in [-0.4, -0.2) is 77.2 Å². The second-order valence-electron chi connectivity index (χ2n) is 7.66. The maximum Gasteiger partial charge on any atom is 0.261 e. The highest BCUT2D eigenvalue weighted by Crippen LogP contribution is 2.21. The van der Waals surface area contributed by atoms with Gasteiger partial charge in [0, 0.05) is 52.5 Å². The quantitative estimate of drug-likeness (QED) is 0.772. The number of ether oxygens (including phenoxy) is 1. The van der Waals surface area contributed by atoms with Crippen molar-refractivity contribution in [1.29, 1.82) is 0 Å². The number of carbonyl (C=O) groups is 1. The molecule has 156 valence electrons. The number of hydrogen-bond acceptors (Lipinski definition) is 7. The van der Waals surface area contributed by atoms with E-state index >= 15 is 0 Å². The molecule has 29 heavy (non-hydrogen) atoms.